The summed E-state index contributed by atoms with van der Waals surface area (Å²) >= 11 is 0. The van der Waals surface area contributed by atoms with E-state index >= 15 is 0 Å². The summed E-state index contributed by atoms with van der Waals surface area (Å²) in [7, 11) is 4.12. The van der Waals surface area contributed by atoms with Crippen LogP contribution in [0.5, 0.6) is 0 Å². The Hall–Kier alpha value is -1.40. The molecule has 0 aliphatic heterocycles. The quantitative estimate of drug-likeness (QED) is 0.369. The Labute approximate surface area is 96.2 Å². The van der Waals surface area contributed by atoms with Crippen LogP contribution >= 0.6 is 0 Å². The maximum absolute atomic E-state index is 5.34. The van der Waals surface area contributed by atoms with Crippen molar-refractivity contribution in [3.63, 3.8) is 0 Å². The number of hydrazine groups is 1. The van der Waals surface area contributed by atoms with E-state index in [0.29, 0.717) is 5.82 Å². The number of hydrogen-bond donors (Lipinski definition) is 3. The van der Waals surface area contributed by atoms with Gasteiger partial charge in [0.2, 0.25) is 0 Å². The molecule has 6 nitrogen and oxygen atoms in total. The van der Waals surface area contributed by atoms with E-state index in [1.807, 2.05) is 6.92 Å². The van der Waals surface area contributed by atoms with Crippen molar-refractivity contribution in [2.24, 2.45) is 5.84 Å². The van der Waals surface area contributed by atoms with Gasteiger partial charge in [0.25, 0.3) is 0 Å². The molecule has 1 aromatic heterocycles. The monoisotopic (exact) mass is 224 g/mol. The third-order valence-electron chi connectivity index (χ3n) is 2.30. The molecule has 0 unspecified atom stereocenters. The highest BCUT2D eigenvalue weighted by Crippen LogP contribution is 2.16. The molecule has 0 spiro atoms. The first-order chi connectivity index (χ1) is 7.65. The highest BCUT2D eigenvalue weighted by atomic mass is 15.3. The molecular weight excluding hydrogens is 204 g/mol. The molecule has 0 aliphatic rings. The number of nitrogens with zero attached hydrogens (tertiary/aromatic N) is 3. The predicted molar refractivity (Wildman–Crippen MR) is 66.2 cm³/mol. The average molecular weight is 224 g/mol. The standard InChI is InChI=1S/C10H20N6/c1-8-9(12-5-4-6-16(2)3)13-7-14-10(8)15-11/h7H,4-6,11H2,1-3H3,(H2,12,13,14,15). The normalized spacial score (nSPS) is 10.6. The molecule has 90 valence electrons. The van der Waals surface area contributed by atoms with Gasteiger partial charge in [-0.05, 0) is 34.0 Å². The fraction of sp³-hybridized carbons (Fsp3) is 0.600. The first-order valence-electron chi connectivity index (χ1n) is 5.32. The summed E-state index contributed by atoms with van der Waals surface area (Å²) in [6.07, 6.45) is 2.57. The summed E-state index contributed by atoms with van der Waals surface area (Å²) in [5, 5.41) is 3.27. The fourth-order valence-corrected chi connectivity index (χ4v) is 1.38. The van der Waals surface area contributed by atoms with Crippen LogP contribution in [-0.4, -0.2) is 42.1 Å². The number of rotatable bonds is 6. The van der Waals surface area contributed by atoms with Crippen LogP contribution in [0.3, 0.4) is 0 Å². The molecule has 1 heterocycles. The molecule has 0 saturated heterocycles. The van der Waals surface area contributed by atoms with Crippen LogP contribution in [0.1, 0.15) is 12.0 Å². The van der Waals surface area contributed by atoms with Crippen LogP contribution in [0, 0.1) is 6.92 Å². The SMILES string of the molecule is Cc1c(NN)ncnc1NCCCN(C)C. The summed E-state index contributed by atoms with van der Waals surface area (Å²) < 4.78 is 0. The number of hydrogen-bond acceptors (Lipinski definition) is 6. The largest absolute Gasteiger partial charge is 0.370 e. The highest BCUT2D eigenvalue weighted by molar-refractivity contribution is 5.55. The predicted octanol–water partition coefficient (Wildman–Crippen LogP) is 0.434. The van der Waals surface area contributed by atoms with E-state index in [-0.39, 0.29) is 0 Å². The van der Waals surface area contributed by atoms with Crippen molar-refractivity contribution in [1.82, 2.24) is 14.9 Å². The van der Waals surface area contributed by atoms with Crippen molar-refractivity contribution in [1.29, 1.82) is 0 Å². The van der Waals surface area contributed by atoms with Crippen LogP contribution < -0.4 is 16.6 Å². The number of nitrogens with two attached hydrogens (primary N) is 1. The summed E-state index contributed by atoms with van der Waals surface area (Å²) in [5.74, 6) is 6.83. The van der Waals surface area contributed by atoms with Crippen molar-refractivity contribution in [3.05, 3.63) is 11.9 Å². The summed E-state index contributed by atoms with van der Waals surface area (Å²) in [5.41, 5.74) is 3.48. The maximum Gasteiger partial charge on any atom is 0.148 e. The van der Waals surface area contributed by atoms with Crippen LogP contribution in [0.4, 0.5) is 11.6 Å². The number of anilines is 2. The molecule has 0 aliphatic carbocycles. The van der Waals surface area contributed by atoms with E-state index in [1.54, 1.807) is 0 Å². The Morgan fingerprint density at radius 3 is 2.62 bits per heavy atom. The van der Waals surface area contributed by atoms with Gasteiger partial charge < -0.3 is 15.6 Å². The fourth-order valence-electron chi connectivity index (χ4n) is 1.38. The van der Waals surface area contributed by atoms with E-state index < -0.39 is 0 Å². The van der Waals surface area contributed by atoms with Crippen molar-refractivity contribution in [2.75, 3.05) is 37.9 Å². The molecule has 0 radical (unpaired) electrons. The van der Waals surface area contributed by atoms with Gasteiger partial charge in [-0.15, -0.1) is 0 Å². The second kappa shape index (κ2) is 6.24. The van der Waals surface area contributed by atoms with Gasteiger partial charge in [0.05, 0.1) is 0 Å². The summed E-state index contributed by atoms with van der Waals surface area (Å²) in [6, 6.07) is 0. The van der Waals surface area contributed by atoms with Gasteiger partial charge in [-0.3, -0.25) is 0 Å². The Balaban J connectivity index is 2.47. The molecule has 0 fully saturated rings. The van der Waals surface area contributed by atoms with E-state index in [0.717, 1.165) is 30.9 Å². The van der Waals surface area contributed by atoms with Crippen molar-refractivity contribution in [2.45, 2.75) is 13.3 Å². The van der Waals surface area contributed by atoms with Gasteiger partial charge in [0.1, 0.15) is 18.0 Å². The Morgan fingerprint density at radius 2 is 2.00 bits per heavy atom. The number of nitrogen functional groups attached to an aromatic ring is 1. The van der Waals surface area contributed by atoms with Crippen LogP contribution in [0.15, 0.2) is 6.33 Å². The first-order valence-corrected chi connectivity index (χ1v) is 5.32. The van der Waals surface area contributed by atoms with Crippen molar-refractivity contribution >= 4 is 11.6 Å². The molecule has 1 aromatic rings. The molecule has 16 heavy (non-hydrogen) atoms. The molecule has 0 atom stereocenters. The third kappa shape index (κ3) is 3.63. The van der Waals surface area contributed by atoms with E-state index in [4.69, 9.17) is 5.84 Å². The zero-order valence-electron chi connectivity index (χ0n) is 10.1. The smallest absolute Gasteiger partial charge is 0.148 e. The molecule has 0 amide bonds. The lowest BCUT2D eigenvalue weighted by Gasteiger charge is -2.12. The Bertz CT molecular complexity index is 325. The summed E-state index contributed by atoms with van der Waals surface area (Å²) in [4.78, 5) is 10.3. The van der Waals surface area contributed by atoms with Crippen LogP contribution in [-0.2, 0) is 0 Å². The first kappa shape index (κ1) is 12.7. The summed E-state index contributed by atoms with van der Waals surface area (Å²) in [6.45, 7) is 3.88. The molecule has 0 bridgehead atoms. The number of aromatic nitrogens is 2. The third-order valence-corrected chi connectivity index (χ3v) is 2.30. The molecular formula is C10H20N6. The Morgan fingerprint density at radius 1 is 1.31 bits per heavy atom. The minimum absolute atomic E-state index is 0.658. The Kier molecular flexibility index (Phi) is 4.94. The van der Waals surface area contributed by atoms with Crippen molar-refractivity contribution < 1.29 is 0 Å². The molecule has 1 rings (SSSR count). The molecule has 6 heteroatoms. The lowest BCUT2D eigenvalue weighted by Crippen LogP contribution is -2.17. The van der Waals surface area contributed by atoms with Crippen molar-refractivity contribution in [3.8, 4) is 0 Å². The molecule has 4 N–H and O–H groups in total. The zero-order valence-corrected chi connectivity index (χ0v) is 10.1. The average Bonchev–Trinajstić information content (AvgIpc) is 2.26. The van der Waals surface area contributed by atoms with E-state index in [9.17, 15) is 0 Å². The topological polar surface area (TPSA) is 79.1 Å². The van der Waals surface area contributed by atoms with E-state index in [1.165, 1.54) is 6.33 Å². The van der Waals surface area contributed by atoms with Crippen LogP contribution in [0.25, 0.3) is 0 Å². The number of nitrogens with one attached hydrogen (secondary N) is 2. The van der Waals surface area contributed by atoms with Gasteiger partial charge in [0, 0.05) is 12.1 Å². The van der Waals surface area contributed by atoms with Gasteiger partial charge in [-0.2, -0.15) is 0 Å². The van der Waals surface area contributed by atoms with Gasteiger partial charge >= 0.3 is 0 Å². The minimum atomic E-state index is 0.658. The second-order valence-corrected chi connectivity index (χ2v) is 3.92. The minimum Gasteiger partial charge on any atom is -0.370 e. The maximum atomic E-state index is 5.34. The molecule has 0 saturated carbocycles. The zero-order chi connectivity index (χ0) is 12.0. The lowest BCUT2D eigenvalue weighted by molar-refractivity contribution is 0.405. The highest BCUT2D eigenvalue weighted by Gasteiger charge is 2.04. The van der Waals surface area contributed by atoms with Crippen LogP contribution in [0.2, 0.25) is 0 Å². The lowest BCUT2D eigenvalue weighted by atomic mass is 10.3. The second-order valence-electron chi connectivity index (χ2n) is 3.92. The molecule has 0 aromatic carbocycles. The van der Waals surface area contributed by atoms with E-state index in [2.05, 4.69) is 39.7 Å². The van der Waals surface area contributed by atoms with Gasteiger partial charge in [-0.1, -0.05) is 0 Å². The van der Waals surface area contributed by atoms with Gasteiger partial charge in [-0.25, -0.2) is 15.8 Å². The van der Waals surface area contributed by atoms with Gasteiger partial charge in [0.15, 0.2) is 0 Å².